The molecule has 0 saturated heterocycles. The molecule has 1 heterocycles. The summed E-state index contributed by atoms with van der Waals surface area (Å²) >= 11 is 0. The molecule has 0 radical (unpaired) electrons. The fraction of sp³-hybridized carbons (Fsp3) is 0.333. The topological polar surface area (TPSA) is 110 Å². The Morgan fingerprint density at radius 2 is 2.29 bits per heavy atom. The first-order valence-corrected chi connectivity index (χ1v) is 3.71. The maximum Gasteiger partial charge on any atom is 0.329 e. The van der Waals surface area contributed by atoms with E-state index in [1.807, 2.05) is 0 Å². The predicted molar refractivity (Wildman–Crippen MR) is 50.8 cm³/mol. The molecule has 0 aliphatic carbocycles. The summed E-state index contributed by atoms with van der Waals surface area (Å²) in [5, 5.41) is 10.6. The van der Waals surface area contributed by atoms with Crippen molar-refractivity contribution in [2.45, 2.75) is 0 Å². The summed E-state index contributed by atoms with van der Waals surface area (Å²) in [6.45, 7) is 0. The van der Waals surface area contributed by atoms with E-state index in [1.165, 1.54) is 4.90 Å². The van der Waals surface area contributed by atoms with Crippen LogP contribution < -0.4 is 16.2 Å². The van der Waals surface area contributed by atoms with Crippen molar-refractivity contribution in [1.82, 2.24) is 9.97 Å². The third-order valence-corrected chi connectivity index (χ3v) is 1.50. The molecule has 0 unspecified atom stereocenters. The summed E-state index contributed by atoms with van der Waals surface area (Å²) < 4.78 is 0. The Balaban J connectivity index is 3.24. The highest BCUT2D eigenvalue weighted by atomic mass is 16.6. The third-order valence-electron chi connectivity index (χ3n) is 1.50. The SMILES string of the molecule is CN(C)c1nc(NN)ncc1[N+](=O)[O-]. The lowest BCUT2D eigenvalue weighted by atomic mass is 10.4. The molecule has 0 fully saturated rings. The van der Waals surface area contributed by atoms with E-state index in [4.69, 9.17) is 5.84 Å². The van der Waals surface area contributed by atoms with E-state index < -0.39 is 4.92 Å². The molecule has 0 saturated carbocycles. The van der Waals surface area contributed by atoms with E-state index in [9.17, 15) is 10.1 Å². The van der Waals surface area contributed by atoms with Gasteiger partial charge >= 0.3 is 5.69 Å². The molecular formula is C6H10N6O2. The first-order chi connectivity index (χ1) is 6.56. The molecule has 0 amide bonds. The van der Waals surface area contributed by atoms with E-state index in [0.29, 0.717) is 0 Å². The van der Waals surface area contributed by atoms with Gasteiger partial charge in [-0.25, -0.2) is 10.8 Å². The minimum absolute atomic E-state index is 0.138. The van der Waals surface area contributed by atoms with E-state index in [-0.39, 0.29) is 17.5 Å². The fourth-order valence-electron chi connectivity index (χ4n) is 0.894. The monoisotopic (exact) mass is 198 g/mol. The molecule has 0 spiro atoms. The molecular weight excluding hydrogens is 188 g/mol. The molecule has 0 aliphatic rings. The standard InChI is InChI=1S/C6H10N6O2/c1-11(2)5-4(12(13)14)3-8-6(9-5)10-7/h3H,7H2,1-2H3,(H,8,9,10). The normalized spacial score (nSPS) is 9.64. The molecule has 1 rings (SSSR count). The largest absolute Gasteiger partial charge is 0.357 e. The molecule has 0 bridgehead atoms. The summed E-state index contributed by atoms with van der Waals surface area (Å²) in [7, 11) is 3.30. The van der Waals surface area contributed by atoms with Crippen molar-refractivity contribution in [3.63, 3.8) is 0 Å². The van der Waals surface area contributed by atoms with Gasteiger partial charge in [0.1, 0.15) is 6.20 Å². The highest BCUT2D eigenvalue weighted by Crippen LogP contribution is 2.23. The van der Waals surface area contributed by atoms with Crippen LogP contribution in [0.4, 0.5) is 17.5 Å². The predicted octanol–water partition coefficient (Wildman–Crippen LogP) is -0.264. The highest BCUT2D eigenvalue weighted by Gasteiger charge is 2.18. The zero-order chi connectivity index (χ0) is 10.7. The van der Waals surface area contributed by atoms with Crippen LogP contribution in [0.15, 0.2) is 6.20 Å². The quantitative estimate of drug-likeness (QED) is 0.391. The number of nitrogens with zero attached hydrogens (tertiary/aromatic N) is 4. The Hall–Kier alpha value is -1.96. The van der Waals surface area contributed by atoms with Gasteiger partial charge in [0.2, 0.25) is 11.8 Å². The molecule has 76 valence electrons. The van der Waals surface area contributed by atoms with E-state index in [2.05, 4.69) is 15.4 Å². The first-order valence-electron chi connectivity index (χ1n) is 3.71. The Kier molecular flexibility index (Phi) is 2.77. The van der Waals surface area contributed by atoms with Crippen molar-refractivity contribution in [2.75, 3.05) is 24.4 Å². The van der Waals surface area contributed by atoms with Gasteiger partial charge in [0.05, 0.1) is 4.92 Å². The fourth-order valence-corrected chi connectivity index (χ4v) is 0.894. The van der Waals surface area contributed by atoms with Crippen LogP contribution in [0.25, 0.3) is 0 Å². The van der Waals surface area contributed by atoms with Crippen LogP contribution in [0.1, 0.15) is 0 Å². The third kappa shape index (κ3) is 1.85. The summed E-state index contributed by atoms with van der Waals surface area (Å²) in [6, 6.07) is 0. The Morgan fingerprint density at radius 3 is 2.71 bits per heavy atom. The van der Waals surface area contributed by atoms with Crippen LogP contribution in [0, 0.1) is 10.1 Å². The molecule has 8 nitrogen and oxygen atoms in total. The van der Waals surface area contributed by atoms with Gasteiger partial charge in [-0.15, -0.1) is 0 Å². The van der Waals surface area contributed by atoms with Crippen molar-refractivity contribution in [3.05, 3.63) is 16.3 Å². The van der Waals surface area contributed by atoms with Crippen LogP contribution in [-0.4, -0.2) is 29.0 Å². The van der Waals surface area contributed by atoms with Crippen LogP contribution in [0.5, 0.6) is 0 Å². The van der Waals surface area contributed by atoms with Crippen molar-refractivity contribution in [1.29, 1.82) is 0 Å². The molecule has 14 heavy (non-hydrogen) atoms. The lowest BCUT2D eigenvalue weighted by Gasteiger charge is -2.11. The Bertz CT molecular complexity index is 352. The van der Waals surface area contributed by atoms with E-state index in [1.54, 1.807) is 14.1 Å². The minimum Gasteiger partial charge on any atom is -0.357 e. The number of hydrogen-bond donors (Lipinski definition) is 2. The average molecular weight is 198 g/mol. The van der Waals surface area contributed by atoms with Gasteiger partial charge < -0.3 is 4.90 Å². The molecule has 8 heteroatoms. The molecule has 1 aromatic rings. The molecule has 0 aliphatic heterocycles. The second kappa shape index (κ2) is 3.83. The molecule has 0 atom stereocenters. The van der Waals surface area contributed by atoms with E-state index in [0.717, 1.165) is 6.20 Å². The Labute approximate surface area is 79.9 Å². The first kappa shape index (κ1) is 10.1. The number of hydrogen-bond acceptors (Lipinski definition) is 7. The smallest absolute Gasteiger partial charge is 0.329 e. The zero-order valence-electron chi connectivity index (χ0n) is 7.76. The van der Waals surface area contributed by atoms with Gasteiger partial charge in [-0.2, -0.15) is 4.98 Å². The number of rotatable bonds is 3. The van der Waals surface area contributed by atoms with Gasteiger partial charge in [0.15, 0.2) is 0 Å². The minimum atomic E-state index is -0.546. The highest BCUT2D eigenvalue weighted by molar-refractivity contribution is 5.57. The van der Waals surface area contributed by atoms with Crippen molar-refractivity contribution >= 4 is 17.5 Å². The van der Waals surface area contributed by atoms with Crippen LogP contribution in [0.3, 0.4) is 0 Å². The summed E-state index contributed by atoms with van der Waals surface area (Å²) in [4.78, 5) is 19.0. The average Bonchev–Trinajstić information content (AvgIpc) is 2.16. The Morgan fingerprint density at radius 1 is 1.64 bits per heavy atom. The number of nitrogens with two attached hydrogens (primary N) is 1. The number of nitrogen functional groups attached to an aromatic ring is 1. The number of hydrazine groups is 1. The molecule has 0 aromatic carbocycles. The van der Waals surface area contributed by atoms with Crippen molar-refractivity contribution in [3.8, 4) is 0 Å². The lowest BCUT2D eigenvalue weighted by Crippen LogP contribution is -2.17. The maximum absolute atomic E-state index is 10.6. The van der Waals surface area contributed by atoms with Gasteiger partial charge in [0.25, 0.3) is 0 Å². The van der Waals surface area contributed by atoms with Crippen molar-refractivity contribution in [2.24, 2.45) is 5.84 Å². The maximum atomic E-state index is 10.6. The van der Waals surface area contributed by atoms with Gasteiger partial charge in [0, 0.05) is 14.1 Å². The van der Waals surface area contributed by atoms with Crippen LogP contribution >= 0.6 is 0 Å². The molecule has 1 aromatic heterocycles. The second-order valence-corrected chi connectivity index (χ2v) is 2.70. The van der Waals surface area contributed by atoms with Crippen LogP contribution in [-0.2, 0) is 0 Å². The molecule has 3 N–H and O–H groups in total. The van der Waals surface area contributed by atoms with Gasteiger partial charge in [-0.05, 0) is 0 Å². The van der Waals surface area contributed by atoms with Crippen LogP contribution in [0.2, 0.25) is 0 Å². The van der Waals surface area contributed by atoms with Gasteiger partial charge in [-0.3, -0.25) is 15.5 Å². The summed E-state index contributed by atoms with van der Waals surface area (Å²) in [5.41, 5.74) is 2.06. The van der Waals surface area contributed by atoms with E-state index >= 15 is 0 Å². The van der Waals surface area contributed by atoms with Gasteiger partial charge in [-0.1, -0.05) is 0 Å². The zero-order valence-corrected chi connectivity index (χ0v) is 7.76. The number of nitrogens with one attached hydrogen (secondary N) is 1. The number of aromatic nitrogens is 2. The summed E-state index contributed by atoms with van der Waals surface area (Å²) in [5.74, 6) is 5.43. The lowest BCUT2D eigenvalue weighted by molar-refractivity contribution is -0.384. The number of anilines is 2. The van der Waals surface area contributed by atoms with Crippen molar-refractivity contribution < 1.29 is 4.92 Å². The summed E-state index contributed by atoms with van der Waals surface area (Å²) in [6.07, 6.45) is 1.11. The number of nitro groups is 1. The second-order valence-electron chi connectivity index (χ2n) is 2.70.